The average molecular weight is 357 g/mol. The van der Waals surface area contributed by atoms with E-state index in [-0.39, 0.29) is 0 Å². The van der Waals surface area contributed by atoms with Gasteiger partial charge >= 0.3 is 6.18 Å². The van der Waals surface area contributed by atoms with Crippen LogP contribution in [0.1, 0.15) is 25.6 Å². The molecule has 0 aliphatic heterocycles. The highest BCUT2D eigenvalue weighted by molar-refractivity contribution is 5.65. The Kier molecular flexibility index (Phi) is 4.61. The van der Waals surface area contributed by atoms with Crippen molar-refractivity contribution in [3.05, 3.63) is 11.7 Å². The Hall–Kier alpha value is -2.11. The lowest BCUT2D eigenvalue weighted by molar-refractivity contribution is -0.138. The summed E-state index contributed by atoms with van der Waals surface area (Å²) < 4.78 is 78.1. The van der Waals surface area contributed by atoms with E-state index in [9.17, 15) is 31.4 Å². The lowest BCUT2D eigenvalue weighted by Gasteiger charge is -2.27. The first-order valence-electron chi connectivity index (χ1n) is 6.71. The Labute approximate surface area is 131 Å². The molecule has 1 aliphatic carbocycles. The maximum Gasteiger partial charge on any atom is 0.408 e. The van der Waals surface area contributed by atoms with Crippen LogP contribution in [-0.4, -0.2) is 44.3 Å². The van der Waals surface area contributed by atoms with Crippen LogP contribution in [0.5, 0.6) is 0 Å². The average Bonchev–Trinajstić information content (AvgIpc) is 2.43. The zero-order valence-corrected chi connectivity index (χ0v) is 12.2. The lowest BCUT2D eigenvalue weighted by Crippen LogP contribution is -2.37. The summed E-state index contributed by atoms with van der Waals surface area (Å²) in [7, 11) is 0. The topological polar surface area (TPSA) is 97.0 Å². The van der Waals surface area contributed by atoms with Crippen molar-refractivity contribution in [2.24, 2.45) is 0 Å². The molecular weight excluding hydrogens is 344 g/mol. The minimum absolute atomic E-state index is 0.453. The molecule has 134 valence electrons. The van der Waals surface area contributed by atoms with Gasteiger partial charge in [0.2, 0.25) is 11.9 Å². The molecule has 12 heteroatoms. The Morgan fingerprint density at radius 3 is 2.50 bits per heavy atom. The van der Waals surface area contributed by atoms with E-state index in [1.165, 1.54) is 0 Å². The normalized spacial score (nSPS) is 22.4. The Morgan fingerprint density at radius 2 is 1.92 bits per heavy atom. The molecule has 4 N–H and O–H groups in total. The van der Waals surface area contributed by atoms with E-state index < -0.39 is 66.2 Å². The zero-order valence-electron chi connectivity index (χ0n) is 12.2. The van der Waals surface area contributed by atoms with Gasteiger partial charge in [0.05, 0.1) is 0 Å². The van der Waals surface area contributed by atoms with Crippen molar-refractivity contribution < 1.29 is 31.4 Å². The van der Waals surface area contributed by atoms with E-state index in [2.05, 4.69) is 15.0 Å². The first kappa shape index (κ1) is 18.2. The Bertz CT molecular complexity index is 662. The number of allylic oxidation sites excluding steroid dienone is 1. The minimum Gasteiger partial charge on any atom is -0.380 e. The number of nitrogens with zero attached hydrogens (tertiary/aromatic N) is 3. The fourth-order valence-corrected chi connectivity index (χ4v) is 1.98. The smallest absolute Gasteiger partial charge is 0.380 e. The highest BCUT2D eigenvalue weighted by Gasteiger charge is 2.46. The molecule has 0 fully saturated rings. The van der Waals surface area contributed by atoms with Gasteiger partial charge in [-0.1, -0.05) is 0 Å². The maximum atomic E-state index is 13.9. The van der Waals surface area contributed by atoms with Crippen LogP contribution in [0.25, 0.3) is 5.57 Å². The highest BCUT2D eigenvalue weighted by atomic mass is 19.4. The Morgan fingerprint density at radius 1 is 1.29 bits per heavy atom. The molecule has 24 heavy (non-hydrogen) atoms. The van der Waals surface area contributed by atoms with Gasteiger partial charge < -0.3 is 16.2 Å². The number of halogens is 6. The van der Waals surface area contributed by atoms with Gasteiger partial charge in [0.1, 0.15) is 11.9 Å². The lowest BCUT2D eigenvalue weighted by atomic mass is 9.92. The van der Waals surface area contributed by atoms with E-state index in [0.717, 1.165) is 6.92 Å². The molecule has 0 aromatic carbocycles. The maximum absolute atomic E-state index is 13.9. The molecule has 0 spiro atoms. The minimum atomic E-state index is -4.60. The molecule has 6 nitrogen and oxygen atoms in total. The van der Waals surface area contributed by atoms with E-state index in [0.29, 0.717) is 0 Å². The SMILES string of the molecule is CC(Nc1nc(N)nc(C2=C(F)[C@H](O)C(F)(F)CC2)n1)C(F)(F)F. The number of nitrogens with two attached hydrogens (primary N) is 1. The molecule has 0 saturated heterocycles. The number of hydrogen-bond acceptors (Lipinski definition) is 6. The quantitative estimate of drug-likeness (QED) is 0.718. The standard InChI is InChI=1S/C12H13F6N5O/c1-4(12(16,17)18)20-10-22-8(21-9(19)23-10)5-2-3-11(14,15)7(24)6(5)13/h4,7,24H,2-3H2,1H3,(H3,19,20,21,22,23)/t4?,7-/m0/s1. The largest absolute Gasteiger partial charge is 0.408 e. The number of aliphatic hydroxyl groups is 1. The molecule has 1 aromatic heterocycles. The highest BCUT2D eigenvalue weighted by Crippen LogP contribution is 2.40. The van der Waals surface area contributed by atoms with Crippen LogP contribution in [0.2, 0.25) is 0 Å². The molecule has 0 amide bonds. The van der Waals surface area contributed by atoms with Crippen LogP contribution in [0, 0.1) is 0 Å². The monoisotopic (exact) mass is 357 g/mol. The van der Waals surface area contributed by atoms with Crippen LogP contribution in [0.15, 0.2) is 5.83 Å². The number of alkyl halides is 5. The third-order valence-electron chi connectivity index (χ3n) is 3.40. The summed E-state index contributed by atoms with van der Waals surface area (Å²) in [6.45, 7) is 0.796. The van der Waals surface area contributed by atoms with E-state index in [1.54, 1.807) is 0 Å². The van der Waals surface area contributed by atoms with Gasteiger partial charge in [-0.05, 0) is 13.3 Å². The number of anilines is 2. The van der Waals surface area contributed by atoms with Crippen molar-refractivity contribution in [2.75, 3.05) is 11.1 Å². The summed E-state index contributed by atoms with van der Waals surface area (Å²) in [4.78, 5) is 10.6. The van der Waals surface area contributed by atoms with Crippen molar-refractivity contribution in [2.45, 2.75) is 44.0 Å². The number of nitrogen functional groups attached to an aromatic ring is 1. The van der Waals surface area contributed by atoms with E-state index in [4.69, 9.17) is 5.73 Å². The number of nitrogens with one attached hydrogen (secondary N) is 1. The third-order valence-corrected chi connectivity index (χ3v) is 3.40. The third kappa shape index (κ3) is 3.68. The molecule has 0 bridgehead atoms. The molecule has 1 aliphatic rings. The number of aromatic nitrogens is 3. The second-order valence-electron chi connectivity index (χ2n) is 5.24. The van der Waals surface area contributed by atoms with Crippen LogP contribution < -0.4 is 11.1 Å². The first-order chi connectivity index (χ1) is 10.9. The number of hydrogen-bond donors (Lipinski definition) is 3. The van der Waals surface area contributed by atoms with Gasteiger partial charge in [-0.2, -0.15) is 28.1 Å². The predicted molar refractivity (Wildman–Crippen MR) is 71.6 cm³/mol. The molecule has 2 atom stereocenters. The summed E-state index contributed by atoms with van der Waals surface area (Å²) in [5, 5.41) is 11.2. The number of rotatable bonds is 3. The van der Waals surface area contributed by atoms with Crippen molar-refractivity contribution in [1.29, 1.82) is 0 Å². The first-order valence-corrected chi connectivity index (χ1v) is 6.71. The van der Waals surface area contributed by atoms with Gasteiger partial charge in [-0.15, -0.1) is 0 Å². The van der Waals surface area contributed by atoms with E-state index >= 15 is 0 Å². The molecule has 1 unspecified atom stereocenters. The fourth-order valence-electron chi connectivity index (χ4n) is 1.98. The van der Waals surface area contributed by atoms with E-state index in [1.807, 2.05) is 5.32 Å². The van der Waals surface area contributed by atoms with Crippen molar-refractivity contribution in [3.8, 4) is 0 Å². The molecule has 0 saturated carbocycles. The van der Waals surface area contributed by atoms with Gasteiger partial charge in [0.25, 0.3) is 5.92 Å². The molecule has 1 heterocycles. The van der Waals surface area contributed by atoms with Crippen LogP contribution in [0.3, 0.4) is 0 Å². The molecular formula is C12H13F6N5O. The zero-order chi connectivity index (χ0) is 18.3. The van der Waals surface area contributed by atoms with Gasteiger partial charge in [0, 0.05) is 12.0 Å². The van der Waals surface area contributed by atoms with Gasteiger partial charge in [-0.25, -0.2) is 13.2 Å². The van der Waals surface area contributed by atoms with Gasteiger partial charge in [0.15, 0.2) is 11.9 Å². The fraction of sp³-hybridized carbons (Fsp3) is 0.583. The van der Waals surface area contributed by atoms with Crippen molar-refractivity contribution in [3.63, 3.8) is 0 Å². The number of aliphatic hydroxyl groups excluding tert-OH is 1. The van der Waals surface area contributed by atoms with Crippen LogP contribution in [0.4, 0.5) is 38.2 Å². The molecule has 0 radical (unpaired) electrons. The second kappa shape index (κ2) is 6.07. The second-order valence-corrected chi connectivity index (χ2v) is 5.24. The summed E-state index contributed by atoms with van der Waals surface area (Å²) in [5.41, 5.74) is 4.89. The summed E-state index contributed by atoms with van der Waals surface area (Å²) in [6.07, 6.45) is -8.67. The van der Waals surface area contributed by atoms with Gasteiger partial charge in [-0.3, -0.25) is 0 Å². The summed E-state index contributed by atoms with van der Waals surface area (Å²) in [5.74, 6) is -6.82. The van der Waals surface area contributed by atoms with Crippen molar-refractivity contribution >= 4 is 17.5 Å². The van der Waals surface area contributed by atoms with Crippen LogP contribution >= 0.6 is 0 Å². The molecule has 2 rings (SSSR count). The van der Waals surface area contributed by atoms with Crippen LogP contribution in [-0.2, 0) is 0 Å². The Balaban J connectivity index is 2.37. The van der Waals surface area contributed by atoms with Crippen molar-refractivity contribution in [1.82, 2.24) is 15.0 Å². The predicted octanol–water partition coefficient (Wildman–Crippen LogP) is 2.29. The summed E-state index contributed by atoms with van der Waals surface area (Å²) in [6, 6.07) is -2.03. The molecule has 1 aromatic rings. The summed E-state index contributed by atoms with van der Waals surface area (Å²) >= 11 is 0.